The summed E-state index contributed by atoms with van der Waals surface area (Å²) in [6.45, 7) is 4.25. The van der Waals surface area contributed by atoms with Crippen LogP contribution in [0.5, 0.6) is 0 Å². The summed E-state index contributed by atoms with van der Waals surface area (Å²) < 4.78 is 1.73. The molecule has 0 spiro atoms. The second-order valence-corrected chi connectivity index (χ2v) is 7.77. The highest BCUT2D eigenvalue weighted by molar-refractivity contribution is 7.10. The fourth-order valence-corrected chi connectivity index (χ4v) is 4.69. The molecule has 4 rings (SSSR count). The number of aromatic nitrogens is 2. The van der Waals surface area contributed by atoms with Gasteiger partial charge in [0.2, 0.25) is 0 Å². The van der Waals surface area contributed by atoms with E-state index in [1.807, 2.05) is 54.8 Å². The van der Waals surface area contributed by atoms with Gasteiger partial charge < -0.3 is 4.90 Å². The quantitative estimate of drug-likeness (QED) is 0.507. The van der Waals surface area contributed by atoms with E-state index in [1.54, 1.807) is 27.8 Å². The Kier molecular flexibility index (Phi) is 4.66. The van der Waals surface area contributed by atoms with E-state index in [4.69, 9.17) is 0 Å². The summed E-state index contributed by atoms with van der Waals surface area (Å²) in [5, 5.41) is 6.52. The second-order valence-electron chi connectivity index (χ2n) is 6.79. The normalized spacial score (nSPS) is 16.7. The molecule has 6 heteroatoms. The van der Waals surface area contributed by atoms with Crippen LogP contribution in [-0.2, 0) is 4.79 Å². The summed E-state index contributed by atoms with van der Waals surface area (Å²) in [5.41, 5.74) is 2.58. The van der Waals surface area contributed by atoms with Gasteiger partial charge >= 0.3 is 0 Å². The summed E-state index contributed by atoms with van der Waals surface area (Å²) in [6.07, 6.45) is 1.82. The lowest BCUT2D eigenvalue weighted by Crippen LogP contribution is -2.36. The lowest BCUT2D eigenvalue weighted by Gasteiger charge is -2.23. The summed E-state index contributed by atoms with van der Waals surface area (Å²) in [5.74, 6) is -0.889. The van der Waals surface area contributed by atoms with E-state index in [1.165, 1.54) is 0 Å². The van der Waals surface area contributed by atoms with E-state index in [2.05, 4.69) is 5.10 Å². The molecule has 0 saturated carbocycles. The van der Waals surface area contributed by atoms with Crippen LogP contribution in [-0.4, -0.2) is 32.9 Å². The Hall–Kier alpha value is -2.73. The van der Waals surface area contributed by atoms with E-state index in [-0.39, 0.29) is 6.04 Å². The number of likely N-dealkylation sites (tertiary alicyclic amines) is 1. The van der Waals surface area contributed by atoms with Crippen molar-refractivity contribution in [2.75, 3.05) is 6.54 Å². The lowest BCUT2D eigenvalue weighted by atomic mass is 10.1. The molecule has 2 aromatic heterocycles. The number of Topliss-reactive ketones (excluding diaryl/α,β-unsaturated/α-hetero) is 1. The number of ketones is 1. The molecule has 0 bridgehead atoms. The van der Waals surface area contributed by atoms with Crippen molar-refractivity contribution in [3.05, 3.63) is 69.7 Å². The lowest BCUT2D eigenvalue weighted by molar-refractivity contribution is -0.127. The van der Waals surface area contributed by atoms with E-state index >= 15 is 0 Å². The largest absolute Gasteiger partial charge is 0.328 e. The molecule has 1 unspecified atom stereocenters. The summed E-state index contributed by atoms with van der Waals surface area (Å²) >= 11 is 1.63. The average Bonchev–Trinajstić information content (AvgIpc) is 3.41. The first-order valence-electron chi connectivity index (χ1n) is 9.08. The predicted octanol–water partition coefficient (Wildman–Crippen LogP) is 4.10. The van der Waals surface area contributed by atoms with Crippen LogP contribution in [0, 0.1) is 13.8 Å². The number of benzene rings is 1. The highest BCUT2D eigenvalue weighted by Gasteiger charge is 2.36. The molecule has 1 aromatic carbocycles. The molecule has 1 saturated heterocycles. The Labute approximate surface area is 162 Å². The number of aryl methyl sites for hydroxylation is 1. The van der Waals surface area contributed by atoms with Gasteiger partial charge in [-0.15, -0.1) is 11.3 Å². The number of nitrogens with zero attached hydrogens (tertiary/aromatic N) is 3. The van der Waals surface area contributed by atoms with Gasteiger partial charge in [0.05, 0.1) is 28.7 Å². The van der Waals surface area contributed by atoms with E-state index in [9.17, 15) is 9.59 Å². The first kappa shape index (κ1) is 17.7. The maximum atomic E-state index is 13.1. The SMILES string of the molecule is Cc1nn(-c2ccccc2)c(C)c1C(=O)C(=O)N1CCCC1c1cccs1. The molecule has 27 heavy (non-hydrogen) atoms. The van der Waals surface area contributed by atoms with Crippen molar-refractivity contribution >= 4 is 23.0 Å². The third-order valence-corrected chi connectivity index (χ3v) is 6.07. The Balaban J connectivity index is 1.65. The number of thiophene rings is 1. The molecule has 138 valence electrons. The molecule has 0 N–H and O–H groups in total. The highest BCUT2D eigenvalue weighted by atomic mass is 32.1. The zero-order chi connectivity index (χ0) is 19.0. The zero-order valence-electron chi connectivity index (χ0n) is 15.4. The Morgan fingerprint density at radius 1 is 1.11 bits per heavy atom. The van der Waals surface area contributed by atoms with Crippen molar-refractivity contribution in [1.29, 1.82) is 0 Å². The minimum Gasteiger partial charge on any atom is -0.328 e. The molecule has 0 aliphatic carbocycles. The minimum atomic E-state index is -0.462. The monoisotopic (exact) mass is 379 g/mol. The molecule has 1 fully saturated rings. The van der Waals surface area contributed by atoms with Gasteiger partial charge in [0, 0.05) is 11.4 Å². The van der Waals surface area contributed by atoms with Crippen LogP contribution >= 0.6 is 11.3 Å². The fraction of sp³-hybridized carbons (Fsp3) is 0.286. The third kappa shape index (κ3) is 3.10. The van der Waals surface area contributed by atoms with Crippen LogP contribution < -0.4 is 0 Å². The van der Waals surface area contributed by atoms with Crippen LogP contribution in [0.1, 0.15) is 45.5 Å². The van der Waals surface area contributed by atoms with Crippen molar-refractivity contribution in [3.8, 4) is 5.69 Å². The predicted molar refractivity (Wildman–Crippen MR) is 105 cm³/mol. The van der Waals surface area contributed by atoms with Crippen LogP contribution in [0.25, 0.3) is 5.69 Å². The summed E-state index contributed by atoms with van der Waals surface area (Å²) in [7, 11) is 0. The maximum absolute atomic E-state index is 13.1. The van der Waals surface area contributed by atoms with Crippen molar-refractivity contribution in [1.82, 2.24) is 14.7 Å². The molecular weight excluding hydrogens is 358 g/mol. The average molecular weight is 379 g/mol. The molecule has 5 nitrogen and oxygen atoms in total. The number of hydrogen-bond acceptors (Lipinski definition) is 4. The van der Waals surface area contributed by atoms with E-state index in [0.717, 1.165) is 23.4 Å². The Bertz CT molecular complexity index is 977. The first-order chi connectivity index (χ1) is 13.1. The van der Waals surface area contributed by atoms with Gasteiger partial charge in [-0.1, -0.05) is 24.3 Å². The van der Waals surface area contributed by atoms with E-state index in [0.29, 0.717) is 23.5 Å². The number of carbonyl (C=O) groups excluding carboxylic acids is 2. The Morgan fingerprint density at radius 2 is 1.89 bits per heavy atom. The number of para-hydroxylation sites is 1. The van der Waals surface area contributed by atoms with Gasteiger partial charge in [-0.05, 0) is 50.3 Å². The number of amides is 1. The van der Waals surface area contributed by atoms with Crippen LogP contribution in [0.4, 0.5) is 0 Å². The van der Waals surface area contributed by atoms with Gasteiger partial charge in [0.15, 0.2) is 0 Å². The second kappa shape index (κ2) is 7.12. The molecule has 1 aliphatic heterocycles. The summed E-state index contributed by atoms with van der Waals surface area (Å²) in [6, 6.07) is 13.7. The smallest absolute Gasteiger partial charge is 0.295 e. The van der Waals surface area contributed by atoms with Crippen molar-refractivity contribution in [2.24, 2.45) is 0 Å². The molecule has 3 heterocycles. The van der Waals surface area contributed by atoms with Gasteiger partial charge in [0.25, 0.3) is 11.7 Å². The van der Waals surface area contributed by atoms with Crippen molar-refractivity contribution in [2.45, 2.75) is 32.7 Å². The maximum Gasteiger partial charge on any atom is 0.295 e. The topological polar surface area (TPSA) is 55.2 Å². The standard InChI is InChI=1S/C21H21N3O2S/c1-14-19(15(2)24(22-14)16-8-4-3-5-9-16)20(25)21(26)23-12-6-10-17(23)18-11-7-13-27-18/h3-5,7-9,11,13,17H,6,10,12H2,1-2H3. The van der Waals surface area contributed by atoms with Gasteiger partial charge in [-0.2, -0.15) is 5.10 Å². The van der Waals surface area contributed by atoms with Gasteiger partial charge in [-0.3, -0.25) is 9.59 Å². The molecule has 3 aromatic rings. The Morgan fingerprint density at radius 3 is 2.59 bits per heavy atom. The zero-order valence-corrected chi connectivity index (χ0v) is 16.2. The van der Waals surface area contributed by atoms with E-state index < -0.39 is 11.7 Å². The molecule has 1 amide bonds. The minimum absolute atomic E-state index is 0.00577. The molecule has 0 radical (unpaired) electrons. The number of rotatable bonds is 4. The van der Waals surface area contributed by atoms with Crippen molar-refractivity contribution in [3.63, 3.8) is 0 Å². The first-order valence-corrected chi connectivity index (χ1v) is 9.96. The fourth-order valence-electron chi connectivity index (χ4n) is 3.82. The third-order valence-electron chi connectivity index (χ3n) is 5.10. The van der Waals surface area contributed by atoms with Crippen molar-refractivity contribution < 1.29 is 9.59 Å². The van der Waals surface area contributed by atoms with Crippen LogP contribution in [0.2, 0.25) is 0 Å². The summed E-state index contributed by atoms with van der Waals surface area (Å²) in [4.78, 5) is 29.0. The van der Waals surface area contributed by atoms with Gasteiger partial charge in [0.1, 0.15) is 0 Å². The number of carbonyl (C=O) groups is 2. The van der Waals surface area contributed by atoms with Crippen LogP contribution in [0.15, 0.2) is 47.8 Å². The molecule has 1 atom stereocenters. The number of hydrogen-bond donors (Lipinski definition) is 0. The van der Waals surface area contributed by atoms with Crippen LogP contribution in [0.3, 0.4) is 0 Å². The molecule has 1 aliphatic rings. The molecular formula is C21H21N3O2S. The van der Waals surface area contributed by atoms with Gasteiger partial charge in [-0.25, -0.2) is 4.68 Å². The highest BCUT2D eigenvalue weighted by Crippen LogP contribution is 2.35.